The monoisotopic (exact) mass is 306 g/mol. The minimum absolute atomic E-state index is 0.0657. The standard InChI is InChI=1S/C16H22N2O4/c1-10-4-5-12(15(8-10)22-3)16(21)17-13-6-7-18(11(2)19)9-14(13)20/h4-5,8,13-14,20H,6-7,9H2,1-3H3,(H,17,21). The molecule has 120 valence electrons. The van der Waals surface area contributed by atoms with Crippen molar-refractivity contribution in [2.75, 3.05) is 20.2 Å². The van der Waals surface area contributed by atoms with Gasteiger partial charge in [-0.2, -0.15) is 0 Å². The third kappa shape index (κ3) is 3.57. The van der Waals surface area contributed by atoms with Crippen LogP contribution in [0, 0.1) is 6.92 Å². The fourth-order valence-electron chi connectivity index (χ4n) is 2.62. The largest absolute Gasteiger partial charge is 0.496 e. The van der Waals surface area contributed by atoms with E-state index >= 15 is 0 Å². The third-order valence-electron chi connectivity index (χ3n) is 3.95. The van der Waals surface area contributed by atoms with E-state index in [4.69, 9.17) is 4.74 Å². The lowest BCUT2D eigenvalue weighted by atomic mass is 10.0. The summed E-state index contributed by atoms with van der Waals surface area (Å²) in [4.78, 5) is 25.3. The number of nitrogens with zero attached hydrogens (tertiary/aromatic N) is 1. The number of hydrogen-bond acceptors (Lipinski definition) is 4. The van der Waals surface area contributed by atoms with E-state index < -0.39 is 6.10 Å². The molecule has 22 heavy (non-hydrogen) atoms. The Kier molecular flexibility index (Phi) is 5.03. The molecule has 1 aromatic carbocycles. The molecule has 2 atom stereocenters. The molecule has 2 rings (SSSR count). The maximum atomic E-state index is 12.4. The third-order valence-corrected chi connectivity index (χ3v) is 3.95. The van der Waals surface area contributed by atoms with Gasteiger partial charge in [-0.25, -0.2) is 0 Å². The van der Waals surface area contributed by atoms with Gasteiger partial charge in [0.1, 0.15) is 5.75 Å². The predicted molar refractivity (Wildman–Crippen MR) is 81.9 cm³/mol. The Balaban J connectivity index is 2.05. The zero-order valence-corrected chi connectivity index (χ0v) is 13.1. The lowest BCUT2D eigenvalue weighted by Gasteiger charge is -2.35. The number of hydrogen-bond donors (Lipinski definition) is 2. The van der Waals surface area contributed by atoms with Gasteiger partial charge in [0.25, 0.3) is 5.91 Å². The number of methoxy groups -OCH3 is 1. The Bertz CT molecular complexity index is 573. The van der Waals surface area contributed by atoms with Gasteiger partial charge in [-0.1, -0.05) is 6.07 Å². The summed E-state index contributed by atoms with van der Waals surface area (Å²) in [6, 6.07) is 4.98. The first-order chi connectivity index (χ1) is 10.4. The molecule has 6 nitrogen and oxygen atoms in total. The van der Waals surface area contributed by atoms with E-state index in [-0.39, 0.29) is 24.4 Å². The molecule has 0 spiro atoms. The molecule has 1 aliphatic rings. The fourth-order valence-corrected chi connectivity index (χ4v) is 2.62. The van der Waals surface area contributed by atoms with Crippen molar-refractivity contribution < 1.29 is 19.4 Å². The number of amides is 2. The second-order valence-corrected chi connectivity index (χ2v) is 5.60. The highest BCUT2D eigenvalue weighted by Gasteiger charge is 2.30. The van der Waals surface area contributed by atoms with Crippen molar-refractivity contribution in [3.8, 4) is 5.75 Å². The number of ether oxygens (including phenoxy) is 1. The van der Waals surface area contributed by atoms with E-state index in [0.29, 0.717) is 24.3 Å². The summed E-state index contributed by atoms with van der Waals surface area (Å²) in [5, 5.41) is 12.9. The van der Waals surface area contributed by atoms with Gasteiger partial charge in [0.05, 0.1) is 24.8 Å². The second-order valence-electron chi connectivity index (χ2n) is 5.60. The van der Waals surface area contributed by atoms with Crippen LogP contribution in [0.15, 0.2) is 18.2 Å². The maximum absolute atomic E-state index is 12.4. The average Bonchev–Trinajstić information content (AvgIpc) is 2.48. The normalized spacial score (nSPS) is 21.4. The van der Waals surface area contributed by atoms with Crippen molar-refractivity contribution in [3.05, 3.63) is 29.3 Å². The number of piperidine rings is 1. The highest BCUT2D eigenvalue weighted by atomic mass is 16.5. The second kappa shape index (κ2) is 6.79. The summed E-state index contributed by atoms with van der Waals surface area (Å²) in [5.41, 5.74) is 1.44. The molecule has 1 saturated heterocycles. The maximum Gasteiger partial charge on any atom is 0.255 e. The SMILES string of the molecule is COc1cc(C)ccc1C(=O)NC1CCN(C(C)=O)CC1O. The lowest BCUT2D eigenvalue weighted by Crippen LogP contribution is -2.55. The van der Waals surface area contributed by atoms with Crippen LogP contribution in [0.2, 0.25) is 0 Å². The Morgan fingerprint density at radius 1 is 1.41 bits per heavy atom. The smallest absolute Gasteiger partial charge is 0.255 e. The van der Waals surface area contributed by atoms with Crippen LogP contribution in [0.1, 0.15) is 29.3 Å². The number of β-amino-alcohol motifs (C(OH)–C–C–N with tert-alkyl or cyclic N) is 1. The summed E-state index contributed by atoms with van der Waals surface area (Å²) >= 11 is 0. The van der Waals surface area contributed by atoms with Crippen molar-refractivity contribution in [1.82, 2.24) is 10.2 Å². The molecule has 2 amide bonds. The molecule has 1 fully saturated rings. The molecule has 1 aliphatic heterocycles. The Hall–Kier alpha value is -2.08. The number of carbonyl (C=O) groups excluding carboxylic acids is 2. The Morgan fingerprint density at radius 3 is 2.73 bits per heavy atom. The van der Waals surface area contributed by atoms with E-state index in [1.165, 1.54) is 14.0 Å². The molecule has 1 aromatic rings. The number of aliphatic hydroxyl groups is 1. The number of likely N-dealkylation sites (tertiary alicyclic amines) is 1. The van der Waals surface area contributed by atoms with Crippen LogP contribution >= 0.6 is 0 Å². The van der Waals surface area contributed by atoms with Crippen molar-refractivity contribution in [3.63, 3.8) is 0 Å². The molecule has 0 aromatic heterocycles. The summed E-state index contributed by atoms with van der Waals surface area (Å²) in [6.45, 7) is 4.17. The summed E-state index contributed by atoms with van der Waals surface area (Å²) in [7, 11) is 1.52. The van der Waals surface area contributed by atoms with Gasteiger partial charge in [-0.3, -0.25) is 9.59 Å². The summed E-state index contributed by atoms with van der Waals surface area (Å²) < 4.78 is 5.24. The molecule has 0 aliphatic carbocycles. The highest BCUT2D eigenvalue weighted by molar-refractivity contribution is 5.97. The van der Waals surface area contributed by atoms with E-state index in [9.17, 15) is 14.7 Å². The minimum atomic E-state index is -0.766. The highest BCUT2D eigenvalue weighted by Crippen LogP contribution is 2.21. The van der Waals surface area contributed by atoms with Crippen molar-refractivity contribution in [2.45, 2.75) is 32.4 Å². The Labute approximate surface area is 130 Å². The fraction of sp³-hybridized carbons (Fsp3) is 0.500. The number of aryl methyl sites for hydroxylation is 1. The van der Waals surface area contributed by atoms with E-state index in [1.807, 2.05) is 13.0 Å². The first-order valence-corrected chi connectivity index (χ1v) is 7.31. The quantitative estimate of drug-likeness (QED) is 0.862. The molecule has 0 saturated carbocycles. The van der Waals surface area contributed by atoms with Crippen LogP contribution in [0.3, 0.4) is 0 Å². The van der Waals surface area contributed by atoms with Gasteiger partial charge in [0.2, 0.25) is 5.91 Å². The summed E-state index contributed by atoms with van der Waals surface area (Å²) in [6.07, 6.45) is -0.237. The number of aliphatic hydroxyl groups excluding tert-OH is 1. The number of carbonyl (C=O) groups is 2. The molecule has 0 bridgehead atoms. The molecule has 2 N–H and O–H groups in total. The Morgan fingerprint density at radius 2 is 2.14 bits per heavy atom. The lowest BCUT2D eigenvalue weighted by molar-refractivity contribution is -0.132. The zero-order valence-electron chi connectivity index (χ0n) is 13.1. The van der Waals surface area contributed by atoms with E-state index in [2.05, 4.69) is 5.32 Å². The van der Waals surface area contributed by atoms with Gasteiger partial charge in [0.15, 0.2) is 0 Å². The van der Waals surface area contributed by atoms with Crippen LogP contribution in [-0.2, 0) is 4.79 Å². The molecular weight excluding hydrogens is 284 g/mol. The van der Waals surface area contributed by atoms with Crippen molar-refractivity contribution in [1.29, 1.82) is 0 Å². The van der Waals surface area contributed by atoms with E-state index in [1.54, 1.807) is 17.0 Å². The van der Waals surface area contributed by atoms with Crippen LogP contribution < -0.4 is 10.1 Å². The van der Waals surface area contributed by atoms with Crippen LogP contribution in [0.25, 0.3) is 0 Å². The predicted octanol–water partition coefficient (Wildman–Crippen LogP) is 0.715. The number of rotatable bonds is 3. The van der Waals surface area contributed by atoms with Gasteiger partial charge < -0.3 is 20.1 Å². The number of nitrogens with one attached hydrogen (secondary N) is 1. The summed E-state index contributed by atoms with van der Waals surface area (Å²) in [5.74, 6) is 0.161. The molecular formula is C16H22N2O4. The van der Waals surface area contributed by atoms with E-state index in [0.717, 1.165) is 5.56 Å². The van der Waals surface area contributed by atoms with Gasteiger partial charge >= 0.3 is 0 Å². The molecule has 0 radical (unpaired) electrons. The average molecular weight is 306 g/mol. The van der Waals surface area contributed by atoms with Crippen LogP contribution in [-0.4, -0.2) is 54.2 Å². The first kappa shape index (κ1) is 16.3. The van der Waals surface area contributed by atoms with Crippen molar-refractivity contribution >= 4 is 11.8 Å². The van der Waals surface area contributed by atoms with Crippen LogP contribution in [0.4, 0.5) is 0 Å². The number of benzene rings is 1. The minimum Gasteiger partial charge on any atom is -0.496 e. The first-order valence-electron chi connectivity index (χ1n) is 7.31. The molecule has 6 heteroatoms. The topological polar surface area (TPSA) is 78.9 Å². The zero-order chi connectivity index (χ0) is 16.3. The van der Waals surface area contributed by atoms with Crippen LogP contribution in [0.5, 0.6) is 5.75 Å². The van der Waals surface area contributed by atoms with Gasteiger partial charge in [0, 0.05) is 20.0 Å². The molecule has 1 heterocycles. The van der Waals surface area contributed by atoms with Gasteiger partial charge in [-0.05, 0) is 31.0 Å². The molecule has 2 unspecified atom stereocenters. The van der Waals surface area contributed by atoms with Crippen molar-refractivity contribution in [2.24, 2.45) is 0 Å². The van der Waals surface area contributed by atoms with Gasteiger partial charge in [-0.15, -0.1) is 0 Å².